The SMILES string of the molecule is CCCCC/C=C\C/C=C\C/C=C\C/C=C\CCCCCC(=O)OC[C@H](COC(=O)CCCCCCCCCCCCCCCCCCCCC)OC(=O)CCCCCCC/C=C\C/C=C\CCCCC. The van der Waals surface area contributed by atoms with E-state index in [0.717, 1.165) is 109 Å². The van der Waals surface area contributed by atoms with Crippen molar-refractivity contribution in [2.45, 2.75) is 309 Å². The summed E-state index contributed by atoms with van der Waals surface area (Å²) in [5, 5.41) is 0. The zero-order chi connectivity index (χ0) is 51.4. The van der Waals surface area contributed by atoms with Crippen LogP contribution in [0.5, 0.6) is 0 Å². The number of allylic oxidation sites excluding steroid dienone is 12. The minimum Gasteiger partial charge on any atom is -0.462 e. The highest BCUT2D eigenvalue weighted by molar-refractivity contribution is 5.71. The second-order valence-electron chi connectivity index (χ2n) is 20.3. The molecule has 6 nitrogen and oxygen atoms in total. The molecule has 0 amide bonds. The summed E-state index contributed by atoms with van der Waals surface area (Å²) >= 11 is 0. The van der Waals surface area contributed by atoms with E-state index in [1.165, 1.54) is 154 Å². The molecule has 1 atom stereocenters. The predicted octanol–water partition coefficient (Wildman–Crippen LogP) is 20.5. The minimum atomic E-state index is -0.795. The van der Waals surface area contributed by atoms with Crippen LogP contribution in [0.25, 0.3) is 0 Å². The number of unbranched alkanes of at least 4 members (excludes halogenated alkanes) is 32. The van der Waals surface area contributed by atoms with Gasteiger partial charge in [-0.2, -0.15) is 0 Å². The third kappa shape index (κ3) is 57.6. The predicted molar refractivity (Wildman–Crippen MR) is 307 cm³/mol. The van der Waals surface area contributed by atoms with Gasteiger partial charge in [0, 0.05) is 19.3 Å². The minimum absolute atomic E-state index is 0.0891. The van der Waals surface area contributed by atoms with Gasteiger partial charge in [0.15, 0.2) is 6.10 Å². The van der Waals surface area contributed by atoms with Gasteiger partial charge in [-0.15, -0.1) is 0 Å². The van der Waals surface area contributed by atoms with Crippen LogP contribution in [-0.2, 0) is 28.6 Å². The molecule has 0 saturated heterocycles. The van der Waals surface area contributed by atoms with E-state index in [1.54, 1.807) is 0 Å². The molecule has 410 valence electrons. The summed E-state index contributed by atoms with van der Waals surface area (Å²) < 4.78 is 16.9. The molecule has 0 heterocycles. The molecule has 0 aromatic rings. The highest BCUT2D eigenvalue weighted by atomic mass is 16.6. The maximum absolute atomic E-state index is 12.9. The first-order valence-corrected chi connectivity index (χ1v) is 30.4. The summed E-state index contributed by atoms with van der Waals surface area (Å²) in [5.74, 6) is -0.923. The lowest BCUT2D eigenvalue weighted by molar-refractivity contribution is -0.167. The molecule has 71 heavy (non-hydrogen) atoms. The van der Waals surface area contributed by atoms with Crippen LogP contribution >= 0.6 is 0 Å². The first-order chi connectivity index (χ1) is 35.0. The summed E-state index contributed by atoms with van der Waals surface area (Å²) in [6.45, 7) is 6.58. The first kappa shape index (κ1) is 67.8. The van der Waals surface area contributed by atoms with Gasteiger partial charge in [-0.1, -0.05) is 261 Å². The number of ether oxygens (including phenoxy) is 3. The zero-order valence-electron chi connectivity index (χ0n) is 47.0. The zero-order valence-corrected chi connectivity index (χ0v) is 47.0. The van der Waals surface area contributed by atoms with Gasteiger partial charge in [0.1, 0.15) is 13.2 Å². The molecule has 0 aromatic carbocycles. The summed E-state index contributed by atoms with van der Waals surface area (Å²) in [4.78, 5) is 38.2. The summed E-state index contributed by atoms with van der Waals surface area (Å²) in [7, 11) is 0. The van der Waals surface area contributed by atoms with E-state index in [4.69, 9.17) is 14.2 Å². The topological polar surface area (TPSA) is 78.9 Å². The van der Waals surface area contributed by atoms with Crippen LogP contribution < -0.4 is 0 Å². The highest BCUT2D eigenvalue weighted by Gasteiger charge is 2.19. The Bertz CT molecular complexity index is 1320. The summed E-state index contributed by atoms with van der Waals surface area (Å²) in [6.07, 6.45) is 76.1. The number of hydrogen-bond acceptors (Lipinski definition) is 6. The van der Waals surface area contributed by atoms with E-state index in [0.29, 0.717) is 19.3 Å². The van der Waals surface area contributed by atoms with E-state index < -0.39 is 6.10 Å². The molecule has 6 heteroatoms. The van der Waals surface area contributed by atoms with Gasteiger partial charge in [0.05, 0.1) is 0 Å². The van der Waals surface area contributed by atoms with Gasteiger partial charge in [-0.3, -0.25) is 14.4 Å². The van der Waals surface area contributed by atoms with Crippen LogP contribution in [0.15, 0.2) is 72.9 Å². The van der Waals surface area contributed by atoms with Crippen molar-refractivity contribution in [3.05, 3.63) is 72.9 Å². The molecule has 0 fully saturated rings. The van der Waals surface area contributed by atoms with Crippen molar-refractivity contribution in [3.63, 3.8) is 0 Å². The van der Waals surface area contributed by atoms with Crippen LogP contribution in [0.3, 0.4) is 0 Å². The molecule has 0 aliphatic carbocycles. The van der Waals surface area contributed by atoms with Gasteiger partial charge >= 0.3 is 17.9 Å². The molecule has 0 aliphatic rings. The Morgan fingerprint density at radius 2 is 0.507 bits per heavy atom. The molecule has 0 aliphatic heterocycles. The molecule has 0 unspecified atom stereocenters. The standard InChI is InChI=1S/C65H114O6/c1-4-7-10-13-16-19-22-25-28-30-32-34-37-39-42-45-48-51-54-57-63(66)69-60-62(71-65(68)59-56-53-50-47-44-41-36-27-24-21-18-15-12-9-6-3)61-70-64(67)58-55-52-49-46-43-40-38-35-33-31-29-26-23-20-17-14-11-8-5-2/h16,18-19,21,25,27-28,32,34,36,39,42,62H,4-15,17,20,22-24,26,29-31,33,35,37-38,40-41,43-61H2,1-3H3/b19-16-,21-18-,28-25-,34-32-,36-27-,42-39-/t62-/m1/s1. The largest absolute Gasteiger partial charge is 0.462 e. The van der Waals surface area contributed by atoms with Crippen LogP contribution in [0.4, 0.5) is 0 Å². The monoisotopic (exact) mass is 991 g/mol. The Morgan fingerprint density at radius 3 is 0.831 bits per heavy atom. The number of hydrogen-bond donors (Lipinski definition) is 0. The normalized spacial score (nSPS) is 12.5. The van der Waals surface area contributed by atoms with Crippen molar-refractivity contribution in [1.29, 1.82) is 0 Å². The molecular weight excluding hydrogens is 877 g/mol. The van der Waals surface area contributed by atoms with Crippen molar-refractivity contribution in [2.24, 2.45) is 0 Å². The maximum Gasteiger partial charge on any atom is 0.306 e. The smallest absolute Gasteiger partial charge is 0.306 e. The quantitative estimate of drug-likeness (QED) is 0.0261. The van der Waals surface area contributed by atoms with Crippen LogP contribution in [0, 0.1) is 0 Å². The van der Waals surface area contributed by atoms with Crippen LogP contribution in [0.2, 0.25) is 0 Å². The van der Waals surface area contributed by atoms with Gasteiger partial charge in [0.25, 0.3) is 0 Å². The second-order valence-corrected chi connectivity index (χ2v) is 20.3. The van der Waals surface area contributed by atoms with E-state index >= 15 is 0 Å². The van der Waals surface area contributed by atoms with Gasteiger partial charge in [0.2, 0.25) is 0 Å². The number of carbonyl (C=O) groups is 3. The van der Waals surface area contributed by atoms with Crippen LogP contribution in [0.1, 0.15) is 303 Å². The first-order valence-electron chi connectivity index (χ1n) is 30.4. The molecule has 0 aromatic heterocycles. The van der Waals surface area contributed by atoms with Crippen molar-refractivity contribution >= 4 is 17.9 Å². The van der Waals surface area contributed by atoms with Gasteiger partial charge in [-0.05, 0) is 96.3 Å². The Hall–Kier alpha value is -3.15. The fourth-order valence-corrected chi connectivity index (χ4v) is 8.57. The molecule has 0 radical (unpaired) electrons. The Balaban J connectivity index is 4.42. The molecule has 0 bridgehead atoms. The number of esters is 3. The van der Waals surface area contributed by atoms with Crippen molar-refractivity contribution in [2.75, 3.05) is 13.2 Å². The van der Waals surface area contributed by atoms with Crippen molar-refractivity contribution in [3.8, 4) is 0 Å². The molecular formula is C65H114O6. The van der Waals surface area contributed by atoms with E-state index in [1.807, 2.05) is 0 Å². The number of rotatable bonds is 55. The Kier molecular flexibility index (Phi) is 56.8. The fraction of sp³-hybridized carbons (Fsp3) is 0.769. The third-order valence-corrected chi connectivity index (χ3v) is 13.2. The average Bonchev–Trinajstić information content (AvgIpc) is 3.37. The van der Waals surface area contributed by atoms with Crippen molar-refractivity contribution < 1.29 is 28.6 Å². The van der Waals surface area contributed by atoms with E-state index in [9.17, 15) is 14.4 Å². The van der Waals surface area contributed by atoms with E-state index in [2.05, 4.69) is 93.7 Å². The number of carbonyl (C=O) groups excluding carboxylic acids is 3. The second kappa shape index (κ2) is 59.4. The molecule has 0 saturated carbocycles. The third-order valence-electron chi connectivity index (χ3n) is 13.2. The molecule has 0 spiro atoms. The fourth-order valence-electron chi connectivity index (χ4n) is 8.57. The molecule has 0 N–H and O–H groups in total. The summed E-state index contributed by atoms with van der Waals surface area (Å²) in [6, 6.07) is 0. The average molecular weight is 992 g/mol. The summed E-state index contributed by atoms with van der Waals surface area (Å²) in [5.41, 5.74) is 0. The van der Waals surface area contributed by atoms with Gasteiger partial charge in [-0.25, -0.2) is 0 Å². The highest BCUT2D eigenvalue weighted by Crippen LogP contribution is 2.16. The van der Waals surface area contributed by atoms with E-state index in [-0.39, 0.29) is 31.1 Å². The van der Waals surface area contributed by atoms with Gasteiger partial charge < -0.3 is 14.2 Å². The van der Waals surface area contributed by atoms with Crippen LogP contribution in [-0.4, -0.2) is 37.2 Å². The lowest BCUT2D eigenvalue weighted by Gasteiger charge is -2.18. The Labute approximate surface area is 440 Å². The molecule has 0 rings (SSSR count). The van der Waals surface area contributed by atoms with Crippen molar-refractivity contribution in [1.82, 2.24) is 0 Å². The maximum atomic E-state index is 12.9. The lowest BCUT2D eigenvalue weighted by atomic mass is 10.0. The lowest BCUT2D eigenvalue weighted by Crippen LogP contribution is -2.30. The Morgan fingerprint density at radius 1 is 0.282 bits per heavy atom.